The van der Waals surface area contributed by atoms with E-state index < -0.39 is 123 Å². The van der Waals surface area contributed by atoms with Gasteiger partial charge in [-0.1, -0.05) is 49.3 Å². The first-order valence-electron chi connectivity index (χ1n) is 26.0. The summed E-state index contributed by atoms with van der Waals surface area (Å²) in [5.41, 5.74) is 0. The summed E-state index contributed by atoms with van der Waals surface area (Å²) in [7, 11) is 16.7. The van der Waals surface area contributed by atoms with Gasteiger partial charge in [0.2, 0.25) is 76.8 Å². The van der Waals surface area contributed by atoms with Crippen LogP contribution in [-0.2, 0) is 67.1 Å². The number of carbonyl (C=O) groups is 14. The van der Waals surface area contributed by atoms with Crippen LogP contribution in [0.4, 0.5) is 0 Å². The Balaban J connectivity index is 4.82. The van der Waals surface area contributed by atoms with Crippen molar-refractivity contribution < 1.29 is 67.1 Å². The van der Waals surface area contributed by atoms with Gasteiger partial charge in [-0.3, -0.25) is 67.1 Å². The second kappa shape index (κ2) is 36.0. The lowest BCUT2D eigenvalue weighted by Crippen LogP contribution is -2.49. The maximum atomic E-state index is 13.0. The SMILES string of the molecule is CC(C)C(=O)NCCSSC(C)(C)CCC(=O)NCCC(=O)N(C)CC(=O)N(C)CC(=O)N(C)CC(=O)N(C)CC(=O)N(C)CC(=O)N(C)CC(=O)N(C)CC(=O)N(C)CC(=O)N(C)CC(=O)N(C)CC(=O)N[C@@H](C)C(=O)C(C)C. The number of rotatable bonds is 35. The van der Waals surface area contributed by atoms with Gasteiger partial charge in [-0.05, 0) is 27.2 Å². The summed E-state index contributed by atoms with van der Waals surface area (Å²) < 4.78 is -0.207. The fraction of sp³-hybridized carbons (Fsp3) is 0.725. The standard InChI is InChI=1S/C51H89N13O14S2/c1-34(2)49(77)36(5)54-38(66)24-55(8)40(68)26-57(10)42(70)28-59(12)44(72)30-61(14)46(74)32-63(16)48(76)33-64(17)47(75)31-62(15)45(73)29-60(13)43(71)27-58(11)41(69)25-56(9)39(67)19-21-52-37(65)18-20-51(6,7)80-79-23-22-53-50(78)35(3)4/h34-36H,18-33H2,1-17H3,(H,52,65)(H,53,78)(H,54,66)/t36-/m0/s1. The first-order valence-corrected chi connectivity index (χ1v) is 28.3. The van der Waals surface area contributed by atoms with Crippen molar-refractivity contribution in [1.82, 2.24) is 64.9 Å². The zero-order valence-corrected chi connectivity index (χ0v) is 51.7. The highest BCUT2D eigenvalue weighted by atomic mass is 33.1. The maximum absolute atomic E-state index is 13.0. The van der Waals surface area contributed by atoms with Crippen LogP contribution in [0.2, 0.25) is 0 Å². The highest BCUT2D eigenvalue weighted by Crippen LogP contribution is 2.38. The molecule has 454 valence electrons. The van der Waals surface area contributed by atoms with Crippen LogP contribution < -0.4 is 16.0 Å². The lowest BCUT2D eigenvalue weighted by molar-refractivity contribution is -0.146. The zero-order valence-electron chi connectivity index (χ0n) is 50.0. The number of Topliss-reactive ketones (excluding diaryl/α,β-unsaturated/α-hetero) is 1. The summed E-state index contributed by atoms with van der Waals surface area (Å²) >= 11 is 0. The average Bonchev–Trinajstić information content (AvgIpc) is 3.36. The van der Waals surface area contributed by atoms with E-state index in [1.807, 2.05) is 27.7 Å². The maximum Gasteiger partial charge on any atom is 0.242 e. The van der Waals surface area contributed by atoms with Crippen molar-refractivity contribution in [2.45, 2.75) is 78.5 Å². The first kappa shape index (κ1) is 73.5. The van der Waals surface area contributed by atoms with Gasteiger partial charge < -0.3 is 64.9 Å². The molecule has 13 amide bonds. The molecule has 0 aromatic rings. The van der Waals surface area contributed by atoms with Crippen LogP contribution in [0.5, 0.6) is 0 Å². The largest absolute Gasteiger partial charge is 0.356 e. The van der Waals surface area contributed by atoms with E-state index in [0.717, 1.165) is 49.9 Å². The Morgan fingerprint density at radius 2 is 0.675 bits per heavy atom. The second-order valence-electron chi connectivity index (χ2n) is 21.1. The minimum Gasteiger partial charge on any atom is -0.356 e. The molecule has 29 heteroatoms. The fourth-order valence-electron chi connectivity index (χ4n) is 6.53. The summed E-state index contributed by atoms with van der Waals surface area (Å²) in [4.78, 5) is 189. The first-order chi connectivity index (χ1) is 36.9. The monoisotopic (exact) mass is 1170 g/mol. The molecule has 0 rings (SSSR count). The van der Waals surface area contributed by atoms with Crippen LogP contribution in [0, 0.1) is 11.8 Å². The Morgan fingerprint density at radius 1 is 0.375 bits per heavy atom. The van der Waals surface area contributed by atoms with Gasteiger partial charge in [0, 0.05) is 119 Å². The Hall–Kier alpha value is -6.52. The molecule has 0 saturated carbocycles. The van der Waals surface area contributed by atoms with E-state index in [1.165, 1.54) is 75.4 Å². The van der Waals surface area contributed by atoms with E-state index in [2.05, 4.69) is 16.0 Å². The van der Waals surface area contributed by atoms with Crippen LogP contribution in [0.1, 0.15) is 67.7 Å². The lowest BCUT2D eigenvalue weighted by Gasteiger charge is -2.27. The molecular weight excluding hydrogens is 1080 g/mol. The fourth-order valence-corrected chi connectivity index (χ4v) is 9.01. The van der Waals surface area contributed by atoms with Crippen molar-refractivity contribution in [1.29, 1.82) is 0 Å². The molecule has 0 bridgehead atoms. The van der Waals surface area contributed by atoms with Crippen LogP contribution in [0.3, 0.4) is 0 Å². The number of hydrogen-bond donors (Lipinski definition) is 3. The van der Waals surface area contributed by atoms with Crippen LogP contribution in [0.25, 0.3) is 0 Å². The zero-order chi connectivity index (χ0) is 61.9. The van der Waals surface area contributed by atoms with E-state index in [9.17, 15) is 67.1 Å². The molecule has 0 unspecified atom stereocenters. The molecule has 0 aliphatic heterocycles. The number of nitrogens with one attached hydrogen (secondary N) is 3. The molecule has 1 atom stereocenters. The topological polar surface area (TPSA) is 307 Å². The molecule has 3 N–H and O–H groups in total. The Bertz CT molecular complexity index is 2220. The van der Waals surface area contributed by atoms with Gasteiger partial charge in [0.25, 0.3) is 0 Å². The number of hydrogen-bond acceptors (Lipinski definition) is 16. The van der Waals surface area contributed by atoms with Crippen molar-refractivity contribution >= 4 is 104 Å². The number of nitrogens with zero attached hydrogens (tertiary/aromatic N) is 10. The summed E-state index contributed by atoms with van der Waals surface area (Å²) in [6.07, 6.45) is 0.780. The molecule has 0 heterocycles. The summed E-state index contributed by atoms with van der Waals surface area (Å²) in [6, 6.07) is -0.740. The van der Waals surface area contributed by atoms with Crippen LogP contribution in [0.15, 0.2) is 0 Å². The molecule has 80 heavy (non-hydrogen) atoms. The van der Waals surface area contributed by atoms with E-state index in [4.69, 9.17) is 0 Å². The molecule has 0 fully saturated rings. The molecule has 0 spiro atoms. The van der Waals surface area contributed by atoms with Gasteiger partial charge >= 0.3 is 0 Å². The van der Waals surface area contributed by atoms with E-state index in [1.54, 1.807) is 42.4 Å². The minimum absolute atomic E-state index is 0.00182. The molecule has 0 aliphatic carbocycles. The van der Waals surface area contributed by atoms with Gasteiger partial charge in [0.1, 0.15) is 0 Å². The third-order valence-corrected chi connectivity index (χ3v) is 15.6. The molecule has 0 radical (unpaired) electrons. The molecule has 0 saturated heterocycles. The summed E-state index contributed by atoms with van der Waals surface area (Å²) in [5.74, 6) is -6.51. The van der Waals surface area contributed by atoms with Crippen LogP contribution >= 0.6 is 21.6 Å². The molecular formula is C51H89N13O14S2. The average molecular weight is 1170 g/mol. The second-order valence-corrected chi connectivity index (χ2v) is 24.2. The van der Waals surface area contributed by atoms with Crippen LogP contribution in [-0.4, -0.2) is 297 Å². The Morgan fingerprint density at radius 3 is 0.975 bits per heavy atom. The molecule has 0 aromatic heterocycles. The number of carbonyl (C=O) groups excluding carboxylic acids is 14. The van der Waals surface area contributed by atoms with Crippen molar-refractivity contribution in [3.63, 3.8) is 0 Å². The van der Waals surface area contributed by atoms with Gasteiger partial charge in [-0.2, -0.15) is 0 Å². The van der Waals surface area contributed by atoms with Crippen molar-refractivity contribution in [2.75, 3.05) is 155 Å². The van der Waals surface area contributed by atoms with Crippen molar-refractivity contribution in [3.05, 3.63) is 0 Å². The Kier molecular flexibility index (Phi) is 33.0. The highest BCUT2D eigenvalue weighted by Gasteiger charge is 2.28. The van der Waals surface area contributed by atoms with Gasteiger partial charge in [-0.25, -0.2) is 0 Å². The predicted octanol–water partition coefficient (Wildman–Crippen LogP) is -2.48. The van der Waals surface area contributed by atoms with Crippen molar-refractivity contribution in [3.8, 4) is 0 Å². The molecule has 0 aliphatic rings. The Labute approximate surface area is 479 Å². The normalized spacial score (nSPS) is 11.3. The third-order valence-electron chi connectivity index (χ3n) is 12.3. The van der Waals surface area contributed by atoms with Gasteiger partial charge in [-0.15, -0.1) is 0 Å². The number of amides is 13. The van der Waals surface area contributed by atoms with E-state index >= 15 is 0 Å². The summed E-state index contributed by atoms with van der Waals surface area (Å²) in [5, 5.41) is 8.14. The van der Waals surface area contributed by atoms with E-state index in [-0.39, 0.29) is 66.7 Å². The smallest absolute Gasteiger partial charge is 0.242 e. The lowest BCUT2D eigenvalue weighted by atomic mass is 10.0. The van der Waals surface area contributed by atoms with E-state index in [0.29, 0.717) is 13.0 Å². The highest BCUT2D eigenvalue weighted by molar-refractivity contribution is 8.77. The predicted molar refractivity (Wildman–Crippen MR) is 303 cm³/mol. The molecule has 27 nitrogen and oxygen atoms in total. The quantitative estimate of drug-likeness (QED) is 0.0437. The third kappa shape index (κ3) is 29.1. The number of ketones is 1. The molecule has 0 aromatic carbocycles. The van der Waals surface area contributed by atoms with Crippen molar-refractivity contribution in [2.24, 2.45) is 11.8 Å². The van der Waals surface area contributed by atoms with Gasteiger partial charge in [0.05, 0.1) is 71.5 Å². The number of likely N-dealkylation sites (N-methyl/N-ethyl adjacent to an activating group) is 10. The summed E-state index contributed by atoms with van der Waals surface area (Å²) in [6.45, 7) is 8.96. The minimum atomic E-state index is -0.740. The van der Waals surface area contributed by atoms with Gasteiger partial charge in [0.15, 0.2) is 5.78 Å².